The molecular formula is C22H20N4O2. The first-order valence-corrected chi connectivity index (χ1v) is 9.09. The summed E-state index contributed by atoms with van der Waals surface area (Å²) in [5.74, 6) is -0.123. The van der Waals surface area contributed by atoms with Gasteiger partial charge in [-0.05, 0) is 34.6 Å². The van der Waals surface area contributed by atoms with Crippen LogP contribution in [-0.2, 0) is 0 Å². The first-order valence-electron chi connectivity index (χ1n) is 9.09. The lowest BCUT2D eigenvalue weighted by atomic mass is 10.0. The fourth-order valence-electron chi connectivity index (χ4n) is 3.45. The minimum Gasteiger partial charge on any atom is -0.358 e. The average Bonchev–Trinajstić information content (AvgIpc) is 2.74. The van der Waals surface area contributed by atoms with Crippen LogP contribution in [0.15, 0.2) is 90.0 Å². The van der Waals surface area contributed by atoms with Gasteiger partial charge >= 0.3 is 5.84 Å². The van der Waals surface area contributed by atoms with E-state index < -0.39 is 11.0 Å². The second-order valence-electron chi connectivity index (χ2n) is 6.67. The summed E-state index contributed by atoms with van der Waals surface area (Å²) < 4.78 is 0. The fraction of sp³-hybridized carbons (Fsp3) is 0.136. The summed E-state index contributed by atoms with van der Waals surface area (Å²) in [6.45, 7) is 1.97. The molecule has 0 fully saturated rings. The molecule has 1 aliphatic rings. The van der Waals surface area contributed by atoms with Crippen LogP contribution in [0.3, 0.4) is 0 Å². The van der Waals surface area contributed by atoms with Gasteiger partial charge < -0.3 is 10.1 Å². The molecule has 0 amide bonds. The Balaban J connectivity index is 1.88. The molecule has 0 radical (unpaired) electrons. The van der Waals surface area contributed by atoms with E-state index in [-0.39, 0.29) is 12.0 Å². The molecule has 1 heterocycles. The van der Waals surface area contributed by atoms with Crippen molar-refractivity contribution in [3.8, 4) is 0 Å². The number of amidine groups is 1. The molecule has 0 saturated heterocycles. The number of aryl methyl sites for hydroxylation is 1. The molecule has 2 atom stereocenters. The number of anilines is 1. The van der Waals surface area contributed by atoms with Gasteiger partial charge in [-0.1, -0.05) is 78.9 Å². The van der Waals surface area contributed by atoms with E-state index in [1.807, 2.05) is 91.9 Å². The fourth-order valence-corrected chi connectivity index (χ4v) is 3.45. The normalized spacial score (nSPS) is 19.2. The van der Waals surface area contributed by atoms with Gasteiger partial charge in [0.1, 0.15) is 6.04 Å². The van der Waals surface area contributed by atoms with E-state index in [4.69, 9.17) is 0 Å². The molecule has 0 saturated carbocycles. The Morgan fingerprint density at radius 3 is 2.07 bits per heavy atom. The lowest BCUT2D eigenvalue weighted by Gasteiger charge is -2.33. The molecule has 3 aromatic carbocycles. The van der Waals surface area contributed by atoms with Crippen molar-refractivity contribution in [3.63, 3.8) is 0 Å². The molecule has 3 aromatic rings. The molecule has 1 N–H and O–H groups in total. The molecule has 0 bridgehead atoms. The van der Waals surface area contributed by atoms with Crippen LogP contribution in [0, 0.1) is 17.0 Å². The standard InChI is InChI=1S/C22H20N4O2/c1-16-10-8-9-15-19(16)25-21(18-13-6-3-7-14-18)23-20(22(24-25)26(27)28)17-11-4-2-5-12-17/h2-15,20-21,23H,1H3. The van der Waals surface area contributed by atoms with Gasteiger partial charge in [0.25, 0.3) is 0 Å². The monoisotopic (exact) mass is 372 g/mol. The van der Waals surface area contributed by atoms with Crippen molar-refractivity contribution in [3.05, 3.63) is 112 Å². The summed E-state index contributed by atoms with van der Waals surface area (Å²) in [5, 5.41) is 21.5. The van der Waals surface area contributed by atoms with Gasteiger partial charge in [-0.2, -0.15) is 5.01 Å². The first kappa shape index (κ1) is 17.9. The molecule has 140 valence electrons. The van der Waals surface area contributed by atoms with Crippen molar-refractivity contribution in [2.24, 2.45) is 5.10 Å². The van der Waals surface area contributed by atoms with Crippen LogP contribution in [0.4, 0.5) is 5.69 Å². The number of rotatable bonds is 3. The highest BCUT2D eigenvalue weighted by Gasteiger charge is 2.41. The third-order valence-corrected chi connectivity index (χ3v) is 4.84. The molecule has 2 unspecified atom stereocenters. The molecule has 4 rings (SSSR count). The minimum absolute atomic E-state index is 0.123. The van der Waals surface area contributed by atoms with Crippen molar-refractivity contribution in [2.75, 3.05) is 5.01 Å². The average molecular weight is 372 g/mol. The van der Waals surface area contributed by atoms with Crippen LogP contribution in [-0.4, -0.2) is 10.8 Å². The third-order valence-electron chi connectivity index (χ3n) is 4.84. The zero-order valence-electron chi connectivity index (χ0n) is 15.4. The smallest absolute Gasteiger partial charge is 0.358 e. The number of benzene rings is 3. The second-order valence-corrected chi connectivity index (χ2v) is 6.67. The summed E-state index contributed by atoms with van der Waals surface area (Å²) >= 11 is 0. The Morgan fingerprint density at radius 1 is 0.893 bits per heavy atom. The number of nitro groups is 1. The van der Waals surface area contributed by atoms with Gasteiger partial charge in [-0.3, -0.25) is 5.32 Å². The quantitative estimate of drug-likeness (QED) is 0.545. The largest absolute Gasteiger partial charge is 0.385 e. The Hall–Kier alpha value is -3.51. The molecule has 0 aromatic heterocycles. The zero-order valence-corrected chi connectivity index (χ0v) is 15.4. The molecule has 28 heavy (non-hydrogen) atoms. The van der Waals surface area contributed by atoms with Gasteiger partial charge in [0.15, 0.2) is 6.17 Å². The maximum atomic E-state index is 11.9. The molecule has 0 spiro atoms. The van der Waals surface area contributed by atoms with Gasteiger partial charge in [-0.15, -0.1) is 0 Å². The van der Waals surface area contributed by atoms with Crippen molar-refractivity contribution in [1.29, 1.82) is 0 Å². The topological polar surface area (TPSA) is 70.8 Å². The number of hydrogen-bond donors (Lipinski definition) is 1. The maximum Gasteiger partial charge on any atom is 0.385 e. The summed E-state index contributed by atoms with van der Waals surface area (Å²) in [6.07, 6.45) is -0.337. The van der Waals surface area contributed by atoms with E-state index >= 15 is 0 Å². The number of nitrogens with zero attached hydrogens (tertiary/aromatic N) is 3. The van der Waals surface area contributed by atoms with Gasteiger partial charge in [0.2, 0.25) is 0 Å². The Bertz CT molecular complexity index is 1010. The molecule has 0 aliphatic carbocycles. The molecule has 6 nitrogen and oxygen atoms in total. The highest BCUT2D eigenvalue weighted by atomic mass is 16.6. The van der Waals surface area contributed by atoms with Crippen LogP contribution in [0.1, 0.15) is 28.9 Å². The van der Waals surface area contributed by atoms with Crippen LogP contribution < -0.4 is 10.3 Å². The van der Waals surface area contributed by atoms with E-state index in [0.29, 0.717) is 0 Å². The second kappa shape index (κ2) is 7.62. The number of hydrazone groups is 1. The number of para-hydroxylation sites is 1. The predicted octanol–water partition coefficient (Wildman–Crippen LogP) is 4.43. The highest BCUT2D eigenvalue weighted by molar-refractivity contribution is 5.84. The Kier molecular flexibility index (Phi) is 4.87. The van der Waals surface area contributed by atoms with Gasteiger partial charge in [0, 0.05) is 0 Å². The van der Waals surface area contributed by atoms with Gasteiger partial charge in [-0.25, -0.2) is 0 Å². The van der Waals surface area contributed by atoms with Crippen molar-refractivity contribution in [1.82, 2.24) is 5.32 Å². The highest BCUT2D eigenvalue weighted by Crippen LogP contribution is 2.34. The van der Waals surface area contributed by atoms with E-state index in [1.54, 1.807) is 5.01 Å². The van der Waals surface area contributed by atoms with Crippen molar-refractivity contribution >= 4 is 11.5 Å². The van der Waals surface area contributed by atoms with E-state index in [1.165, 1.54) is 0 Å². The van der Waals surface area contributed by atoms with Crippen LogP contribution in [0.2, 0.25) is 0 Å². The predicted molar refractivity (Wildman–Crippen MR) is 110 cm³/mol. The third kappa shape index (κ3) is 3.37. The van der Waals surface area contributed by atoms with Crippen LogP contribution >= 0.6 is 0 Å². The molecular weight excluding hydrogens is 352 g/mol. The Morgan fingerprint density at radius 2 is 1.46 bits per heavy atom. The Labute approximate surface area is 163 Å². The summed E-state index contributed by atoms with van der Waals surface area (Å²) in [5.41, 5.74) is 3.62. The van der Waals surface area contributed by atoms with Gasteiger partial charge in [0.05, 0.1) is 10.8 Å². The molecule has 1 aliphatic heterocycles. The van der Waals surface area contributed by atoms with Crippen molar-refractivity contribution in [2.45, 2.75) is 19.1 Å². The first-order chi connectivity index (χ1) is 13.6. The van der Waals surface area contributed by atoms with Crippen LogP contribution in [0.5, 0.6) is 0 Å². The summed E-state index contributed by atoms with van der Waals surface area (Å²) in [6, 6.07) is 26.4. The number of hydrogen-bond acceptors (Lipinski definition) is 5. The minimum atomic E-state index is -0.610. The van der Waals surface area contributed by atoms with E-state index in [9.17, 15) is 10.1 Å². The summed E-state index contributed by atoms with van der Waals surface area (Å²) in [4.78, 5) is 11.4. The van der Waals surface area contributed by atoms with Crippen molar-refractivity contribution < 1.29 is 4.92 Å². The van der Waals surface area contributed by atoms with E-state index in [0.717, 1.165) is 22.4 Å². The number of nitrogens with one attached hydrogen (secondary N) is 1. The summed E-state index contributed by atoms with van der Waals surface area (Å²) in [7, 11) is 0. The lowest BCUT2D eigenvalue weighted by Crippen LogP contribution is -2.48. The van der Waals surface area contributed by atoms with Crippen LogP contribution in [0.25, 0.3) is 0 Å². The SMILES string of the molecule is Cc1ccccc1N1N=C([N+](=O)[O-])C(c2ccccc2)NC1c1ccccc1. The maximum absolute atomic E-state index is 11.9. The van der Waals surface area contributed by atoms with E-state index in [2.05, 4.69) is 10.4 Å². The molecule has 6 heteroatoms. The lowest BCUT2D eigenvalue weighted by molar-refractivity contribution is -0.356. The zero-order chi connectivity index (χ0) is 19.5.